The van der Waals surface area contributed by atoms with Crippen LogP contribution in [0.3, 0.4) is 0 Å². The summed E-state index contributed by atoms with van der Waals surface area (Å²) >= 11 is 5.97. The highest BCUT2D eigenvalue weighted by Crippen LogP contribution is 2.36. The van der Waals surface area contributed by atoms with E-state index in [2.05, 4.69) is 41.0 Å². The zero-order valence-electron chi connectivity index (χ0n) is 25.6. The van der Waals surface area contributed by atoms with Gasteiger partial charge in [0.1, 0.15) is 11.6 Å². The first kappa shape index (κ1) is 31.0. The first-order valence-corrected chi connectivity index (χ1v) is 15.1. The molecule has 43 heavy (non-hydrogen) atoms. The summed E-state index contributed by atoms with van der Waals surface area (Å²) in [5.41, 5.74) is 0.854. The van der Waals surface area contributed by atoms with Crippen molar-refractivity contribution in [2.75, 3.05) is 77.8 Å². The third-order valence-electron chi connectivity index (χ3n) is 8.32. The minimum atomic E-state index is -0.495. The number of carbonyl (C=O) groups excluding carboxylic acids is 1. The topological polar surface area (TPSA) is 86.3 Å². The van der Waals surface area contributed by atoms with E-state index in [9.17, 15) is 9.18 Å². The maximum Gasteiger partial charge on any atom is 0.228 e. The number of carbonyl (C=O) groups is 1. The lowest BCUT2D eigenvalue weighted by molar-refractivity contribution is -0.132. The molecule has 1 aromatic heterocycles. The number of hydrogen-bond acceptors (Lipinski definition) is 9. The lowest BCUT2D eigenvalue weighted by Gasteiger charge is -2.37. The van der Waals surface area contributed by atoms with Crippen molar-refractivity contribution in [1.29, 1.82) is 0 Å². The monoisotopic (exact) mass is 613 g/mol. The van der Waals surface area contributed by atoms with Crippen LogP contribution in [0.5, 0.6) is 11.5 Å². The lowest BCUT2D eigenvalue weighted by atomic mass is 10.1. The Morgan fingerprint density at radius 2 is 1.81 bits per heavy atom. The van der Waals surface area contributed by atoms with Gasteiger partial charge in [-0.25, -0.2) is 9.37 Å². The molecule has 3 aromatic rings. The molecule has 3 heterocycles. The van der Waals surface area contributed by atoms with E-state index in [-0.39, 0.29) is 17.6 Å². The van der Waals surface area contributed by atoms with E-state index >= 15 is 0 Å². The van der Waals surface area contributed by atoms with Crippen LogP contribution in [0.15, 0.2) is 30.3 Å². The van der Waals surface area contributed by atoms with Gasteiger partial charge in [0.2, 0.25) is 11.9 Å². The van der Waals surface area contributed by atoms with Crippen molar-refractivity contribution in [3.8, 4) is 11.5 Å². The van der Waals surface area contributed by atoms with Crippen LogP contribution in [0.1, 0.15) is 26.2 Å². The highest BCUT2D eigenvalue weighted by molar-refractivity contribution is 6.30. The van der Waals surface area contributed by atoms with Gasteiger partial charge in [0.05, 0.1) is 25.4 Å². The summed E-state index contributed by atoms with van der Waals surface area (Å²) in [6.45, 7) is 6.63. The number of halogens is 2. The van der Waals surface area contributed by atoms with E-state index in [1.54, 1.807) is 38.5 Å². The zero-order valence-corrected chi connectivity index (χ0v) is 26.3. The molecule has 0 bridgehead atoms. The largest absolute Gasteiger partial charge is 0.493 e. The number of ether oxygens (including phenoxy) is 2. The number of rotatable bonds is 10. The summed E-state index contributed by atoms with van der Waals surface area (Å²) in [7, 11) is 7.31. The summed E-state index contributed by atoms with van der Waals surface area (Å²) in [5, 5.41) is 4.07. The number of amides is 1. The number of aromatic nitrogens is 2. The number of nitrogens with one attached hydrogen (secondary N) is 1. The van der Waals surface area contributed by atoms with Crippen LogP contribution >= 0.6 is 11.6 Å². The van der Waals surface area contributed by atoms with Gasteiger partial charge in [0.25, 0.3) is 0 Å². The van der Waals surface area contributed by atoms with Gasteiger partial charge in [-0.1, -0.05) is 11.6 Å². The predicted octanol–water partition coefficient (Wildman–Crippen LogP) is 4.64. The maximum absolute atomic E-state index is 14.8. The molecule has 0 aliphatic carbocycles. The van der Waals surface area contributed by atoms with Gasteiger partial charge in [-0.15, -0.1) is 0 Å². The van der Waals surface area contributed by atoms with Crippen molar-refractivity contribution in [3.63, 3.8) is 0 Å². The molecule has 2 saturated heterocycles. The Labute approximate surface area is 257 Å². The Hall–Kier alpha value is -3.41. The van der Waals surface area contributed by atoms with Gasteiger partial charge in [-0.05, 0) is 64.7 Å². The summed E-state index contributed by atoms with van der Waals surface area (Å²) in [4.78, 5) is 31.7. The van der Waals surface area contributed by atoms with Gasteiger partial charge in [0, 0.05) is 67.7 Å². The zero-order chi connectivity index (χ0) is 30.7. The van der Waals surface area contributed by atoms with Gasteiger partial charge in [0.15, 0.2) is 11.5 Å². The quantitative estimate of drug-likeness (QED) is 0.352. The normalized spacial score (nSPS) is 18.4. The predicted molar refractivity (Wildman–Crippen MR) is 168 cm³/mol. The molecule has 0 spiro atoms. The third kappa shape index (κ3) is 7.05. The number of fused-ring (bicyclic) bond motifs is 1. The van der Waals surface area contributed by atoms with E-state index in [1.165, 1.54) is 6.07 Å². The van der Waals surface area contributed by atoms with E-state index in [1.807, 2.05) is 4.90 Å². The molecule has 10 nitrogen and oxygen atoms in total. The molecule has 232 valence electrons. The Kier molecular flexibility index (Phi) is 9.73. The number of methoxy groups -OCH3 is 2. The first-order valence-electron chi connectivity index (χ1n) is 14.8. The van der Waals surface area contributed by atoms with Crippen LogP contribution in [-0.2, 0) is 4.79 Å². The van der Waals surface area contributed by atoms with Crippen molar-refractivity contribution in [2.45, 2.75) is 38.3 Å². The Balaban J connectivity index is 1.33. The summed E-state index contributed by atoms with van der Waals surface area (Å²) in [6, 6.07) is 8.71. The molecular formula is C31H41ClFN7O3. The maximum atomic E-state index is 14.8. The second-order valence-electron chi connectivity index (χ2n) is 11.6. The molecule has 1 N–H and O–H groups in total. The van der Waals surface area contributed by atoms with Crippen LogP contribution in [0, 0.1) is 5.82 Å². The smallest absolute Gasteiger partial charge is 0.228 e. The average molecular weight is 614 g/mol. The standard InChI is InChI=1S/C31H41ClFN7O3/c1-20(19-37(2)3)40-10-6-7-22(40)16-29(41)38-11-13-39(14-12-38)31-35-26-18-28(43-5)27(42-4)17-23(26)30(36-31)34-25-9-8-21(32)15-24(25)33/h8-9,15,17-18,20,22H,6-7,10-14,16,19H2,1-5H3,(H,34,35,36). The summed E-state index contributed by atoms with van der Waals surface area (Å²) < 4.78 is 25.8. The fraction of sp³-hybridized carbons (Fsp3) is 0.516. The van der Waals surface area contributed by atoms with Crippen molar-refractivity contribution >= 4 is 45.9 Å². The number of piperazine rings is 1. The van der Waals surface area contributed by atoms with E-state index < -0.39 is 5.82 Å². The Morgan fingerprint density at radius 1 is 1.09 bits per heavy atom. The third-order valence-corrected chi connectivity index (χ3v) is 8.55. The van der Waals surface area contributed by atoms with Gasteiger partial charge >= 0.3 is 0 Å². The fourth-order valence-corrected chi connectivity index (χ4v) is 6.33. The van der Waals surface area contributed by atoms with Crippen molar-refractivity contribution in [1.82, 2.24) is 24.7 Å². The van der Waals surface area contributed by atoms with Crippen LogP contribution in [0.2, 0.25) is 5.02 Å². The Morgan fingerprint density at radius 3 is 2.49 bits per heavy atom. The molecule has 0 radical (unpaired) electrons. The molecule has 12 heteroatoms. The lowest BCUT2D eigenvalue weighted by Crippen LogP contribution is -2.51. The van der Waals surface area contributed by atoms with Gasteiger partial charge < -0.3 is 29.5 Å². The van der Waals surface area contributed by atoms with Gasteiger partial charge in [-0.3, -0.25) is 9.69 Å². The number of nitrogens with zero attached hydrogens (tertiary/aromatic N) is 6. The Bertz CT molecular complexity index is 1450. The number of hydrogen-bond donors (Lipinski definition) is 1. The summed E-state index contributed by atoms with van der Waals surface area (Å²) in [6.07, 6.45) is 2.75. The second kappa shape index (κ2) is 13.5. The van der Waals surface area contributed by atoms with Crippen molar-refractivity contribution < 1.29 is 18.7 Å². The molecule has 2 fully saturated rings. The first-order chi connectivity index (χ1) is 20.7. The summed E-state index contributed by atoms with van der Waals surface area (Å²) in [5.74, 6) is 1.65. The van der Waals surface area contributed by atoms with Gasteiger partial charge in [-0.2, -0.15) is 4.98 Å². The molecule has 1 amide bonds. The number of likely N-dealkylation sites (N-methyl/N-ethyl adjacent to an activating group) is 1. The van der Waals surface area contributed by atoms with E-state index in [4.69, 9.17) is 31.0 Å². The van der Waals surface area contributed by atoms with E-state index in [0.29, 0.717) is 77.8 Å². The number of benzene rings is 2. The van der Waals surface area contributed by atoms with Crippen molar-refractivity contribution in [2.24, 2.45) is 0 Å². The molecular weight excluding hydrogens is 573 g/mol. The molecule has 2 aliphatic heterocycles. The van der Waals surface area contributed by atoms with Crippen LogP contribution in [0.25, 0.3) is 10.9 Å². The van der Waals surface area contributed by atoms with E-state index in [0.717, 1.165) is 25.9 Å². The molecule has 2 atom stereocenters. The van der Waals surface area contributed by atoms with Crippen LogP contribution in [0.4, 0.5) is 21.8 Å². The fourth-order valence-electron chi connectivity index (χ4n) is 6.18. The molecule has 5 rings (SSSR count). The minimum Gasteiger partial charge on any atom is -0.493 e. The molecule has 0 saturated carbocycles. The van der Waals surface area contributed by atoms with Crippen LogP contribution < -0.4 is 19.7 Å². The molecule has 2 aromatic carbocycles. The highest BCUT2D eigenvalue weighted by atomic mass is 35.5. The molecule has 2 unspecified atom stereocenters. The number of anilines is 3. The SMILES string of the molecule is COc1cc2nc(N3CCN(C(=O)CC4CCCN4C(C)CN(C)C)CC3)nc(Nc3ccc(Cl)cc3F)c2cc1OC. The molecule has 2 aliphatic rings. The van der Waals surface area contributed by atoms with Crippen molar-refractivity contribution in [3.05, 3.63) is 41.2 Å². The second-order valence-corrected chi connectivity index (χ2v) is 12.0. The minimum absolute atomic E-state index is 0.199. The van der Waals surface area contributed by atoms with Crippen LogP contribution in [-0.4, -0.2) is 110 Å². The average Bonchev–Trinajstić information content (AvgIpc) is 3.45. The number of likely N-dealkylation sites (tertiary alicyclic amines) is 1. The highest BCUT2D eigenvalue weighted by Gasteiger charge is 2.32.